The zero-order valence-corrected chi connectivity index (χ0v) is 25.1. The van der Waals surface area contributed by atoms with E-state index in [0.717, 1.165) is 6.61 Å². The van der Waals surface area contributed by atoms with Gasteiger partial charge in [0.1, 0.15) is 19.3 Å². The summed E-state index contributed by atoms with van der Waals surface area (Å²) < 4.78 is 45.6. The maximum Gasteiger partial charge on any atom is 0.490 e. The summed E-state index contributed by atoms with van der Waals surface area (Å²) in [5, 5.41) is 70.1. The molecular formula is C24H47F3N4O14. The van der Waals surface area contributed by atoms with Gasteiger partial charge in [-0.1, -0.05) is 25.3 Å². The van der Waals surface area contributed by atoms with E-state index >= 15 is 0 Å². The van der Waals surface area contributed by atoms with Crippen LogP contribution in [0.4, 0.5) is 22.8 Å². The number of rotatable bonds is 14. The van der Waals surface area contributed by atoms with Crippen molar-refractivity contribution >= 4 is 18.2 Å². The molecule has 1 fully saturated rings. The van der Waals surface area contributed by atoms with E-state index in [1.165, 1.54) is 24.1 Å². The number of amides is 2. The van der Waals surface area contributed by atoms with Gasteiger partial charge in [-0.15, -0.1) is 0 Å². The van der Waals surface area contributed by atoms with E-state index in [-0.39, 0.29) is 52.2 Å². The van der Waals surface area contributed by atoms with Crippen LogP contribution >= 0.6 is 0 Å². The lowest BCUT2D eigenvalue weighted by Gasteiger charge is -2.18. The van der Waals surface area contributed by atoms with Crippen LogP contribution in [0.1, 0.15) is 0 Å². The molecule has 0 saturated carbocycles. The molecule has 1 heterocycles. The zero-order valence-electron chi connectivity index (χ0n) is 25.1. The Hall–Kier alpha value is -3.12. The van der Waals surface area contributed by atoms with E-state index in [2.05, 4.69) is 32.7 Å². The summed E-state index contributed by atoms with van der Waals surface area (Å²) in [6, 6.07) is 0. The van der Waals surface area contributed by atoms with Crippen LogP contribution in [0.5, 0.6) is 0 Å². The van der Waals surface area contributed by atoms with Crippen LogP contribution in [-0.2, 0) is 19.0 Å². The van der Waals surface area contributed by atoms with E-state index in [0.29, 0.717) is 11.6 Å². The van der Waals surface area contributed by atoms with Crippen LogP contribution in [-0.4, -0.2) is 179 Å². The van der Waals surface area contributed by atoms with Crippen molar-refractivity contribution in [2.75, 3.05) is 80.0 Å². The maximum atomic E-state index is 11.0. The lowest BCUT2D eigenvalue weighted by atomic mass is 10.3. The van der Waals surface area contributed by atoms with Gasteiger partial charge in [-0.05, 0) is 7.05 Å². The number of aliphatic carboxylic acids is 1. The van der Waals surface area contributed by atoms with Crippen LogP contribution < -0.4 is 11.2 Å². The number of carboxylic acid groups (broad SMARTS) is 1. The van der Waals surface area contributed by atoms with Crippen LogP contribution in [0.25, 0.3) is 0 Å². The highest BCUT2D eigenvalue weighted by Crippen LogP contribution is 2.13. The number of hydrogen-bond donors (Lipinski definition) is 10. The molecule has 4 atom stereocenters. The van der Waals surface area contributed by atoms with Gasteiger partial charge in [0.2, 0.25) is 0 Å². The number of ether oxygens (including phenoxy) is 3. The number of likely N-dealkylation sites (N-methyl/N-ethyl adjacent to an activating group) is 2. The Kier molecular flexibility index (Phi) is 33.5. The first-order valence-corrected chi connectivity index (χ1v) is 12.7. The van der Waals surface area contributed by atoms with Gasteiger partial charge in [-0.2, -0.15) is 13.2 Å². The van der Waals surface area contributed by atoms with Crippen LogP contribution in [0.15, 0.2) is 25.3 Å². The molecule has 45 heavy (non-hydrogen) atoms. The first-order chi connectivity index (χ1) is 20.9. The Balaban J connectivity index is -0.000000244. The Morgan fingerprint density at radius 2 is 1.36 bits per heavy atom. The number of nitrogens with one attached hydrogen (secondary N) is 1. The molecule has 0 aromatic heterocycles. The molecule has 1 saturated heterocycles. The first kappa shape index (κ1) is 48.8. The van der Waals surface area contributed by atoms with Gasteiger partial charge in [0.15, 0.2) is 0 Å². The van der Waals surface area contributed by atoms with Crippen molar-refractivity contribution in [1.29, 1.82) is 0 Å². The molecule has 2 amide bonds. The van der Waals surface area contributed by atoms with E-state index in [9.17, 15) is 22.8 Å². The number of aliphatic hydroxyl groups excluding tert-OH is 7. The Morgan fingerprint density at radius 3 is 1.62 bits per heavy atom. The largest absolute Gasteiger partial charge is 0.490 e. The zero-order chi connectivity index (χ0) is 36.0. The average Bonchev–Trinajstić information content (AvgIpc) is 3.84. The summed E-state index contributed by atoms with van der Waals surface area (Å²) in [6.45, 7) is 7.21. The molecule has 0 aromatic carbocycles. The second-order valence-electron chi connectivity index (χ2n) is 8.27. The van der Waals surface area contributed by atoms with Crippen molar-refractivity contribution in [3.63, 3.8) is 0 Å². The second-order valence-corrected chi connectivity index (χ2v) is 8.27. The fourth-order valence-electron chi connectivity index (χ4n) is 1.73. The summed E-state index contributed by atoms with van der Waals surface area (Å²) in [5.41, 5.74) is 0. The third kappa shape index (κ3) is 37.0. The number of alkyl halides is 3. The van der Waals surface area contributed by atoms with Crippen LogP contribution in [0, 0.1) is 0 Å². The first-order valence-electron chi connectivity index (χ1n) is 12.7. The van der Waals surface area contributed by atoms with E-state index in [4.69, 9.17) is 51.5 Å². The molecule has 0 bridgehead atoms. The smallest absolute Gasteiger partial charge is 0.475 e. The van der Waals surface area contributed by atoms with E-state index in [1.807, 2.05) is 0 Å². The molecule has 1 rings (SSSR count). The highest BCUT2D eigenvalue weighted by Gasteiger charge is 2.38. The quantitative estimate of drug-likeness (QED) is 0.0289. The average molecular weight is 673 g/mol. The molecule has 18 nitrogen and oxygen atoms in total. The molecule has 0 aromatic rings. The van der Waals surface area contributed by atoms with Crippen molar-refractivity contribution in [2.24, 2.45) is 5.84 Å². The van der Waals surface area contributed by atoms with Gasteiger partial charge in [0.25, 0.3) is 0 Å². The molecular weight excluding hydrogens is 625 g/mol. The van der Waals surface area contributed by atoms with Gasteiger partial charge in [0, 0.05) is 13.6 Å². The minimum atomic E-state index is -5.08. The number of carboxylic acids is 1. The standard InChI is InChI=1S/C8H15NO4.C7H14N2O4.C4H11NO2.C3H6O2.C2HF3O2/c1-3-4-13-8(12)9(2)5-7(11)6-10;1-2-3-13-7(12)9(8)4-6(11)5-10;1-5-2-4(7)3-6;4-1-3-2-5-3;3-2(4,5)1(6)7/h3,7,10-11H,1,4-6H2,2H3;2,6,10-11H,1,3-5,8H2;4-7H,2-3H2,1H3;3-4H,1-2H2;(H,6,7)/t7-;6-;4-;3-;/m0001./s1. The lowest BCUT2D eigenvalue weighted by molar-refractivity contribution is -0.192. The lowest BCUT2D eigenvalue weighted by Crippen LogP contribution is -2.43. The molecule has 0 unspecified atom stereocenters. The summed E-state index contributed by atoms with van der Waals surface area (Å²) in [4.78, 5) is 32.0. The Morgan fingerprint density at radius 1 is 0.956 bits per heavy atom. The van der Waals surface area contributed by atoms with Crippen molar-refractivity contribution in [3.05, 3.63) is 25.3 Å². The Labute approximate surface area is 258 Å². The SMILES string of the molecule is C=CCOC(=O)N(C)C[C@H](O)CO.C=CCOC(=O)N(N)C[C@H](O)CO.CNC[C@H](O)CO.O=C(O)C(F)(F)F.OC[C@@H]1CO1. The van der Waals surface area contributed by atoms with Gasteiger partial charge < -0.3 is 65.3 Å². The van der Waals surface area contributed by atoms with Crippen molar-refractivity contribution in [3.8, 4) is 0 Å². The molecule has 0 spiro atoms. The molecule has 11 N–H and O–H groups in total. The number of aliphatic hydroxyl groups is 7. The van der Waals surface area contributed by atoms with Crippen molar-refractivity contribution in [1.82, 2.24) is 15.2 Å². The summed E-state index contributed by atoms with van der Waals surface area (Å²) >= 11 is 0. The highest BCUT2D eigenvalue weighted by molar-refractivity contribution is 5.73. The summed E-state index contributed by atoms with van der Waals surface area (Å²) in [7, 11) is 3.20. The minimum Gasteiger partial charge on any atom is -0.475 e. The van der Waals surface area contributed by atoms with Gasteiger partial charge in [-0.3, -0.25) is 0 Å². The predicted octanol–water partition coefficient (Wildman–Crippen LogP) is -3.00. The number of nitrogens with zero attached hydrogens (tertiary/aromatic N) is 2. The molecule has 268 valence electrons. The Bertz CT molecular complexity index is 742. The number of hydrogen-bond acceptors (Lipinski definition) is 15. The highest BCUT2D eigenvalue weighted by atomic mass is 19.4. The molecule has 1 aliphatic heterocycles. The summed E-state index contributed by atoms with van der Waals surface area (Å²) in [6.07, 6.45) is -5.95. The number of carbonyl (C=O) groups excluding carboxylic acids is 2. The van der Waals surface area contributed by atoms with Gasteiger partial charge in [0.05, 0.1) is 64.4 Å². The normalized spacial score (nSPS) is 14.6. The fraction of sp³-hybridized carbons (Fsp3) is 0.708. The molecule has 21 heteroatoms. The maximum absolute atomic E-state index is 11.0. The van der Waals surface area contributed by atoms with E-state index < -0.39 is 49.3 Å². The molecule has 0 aliphatic carbocycles. The fourth-order valence-corrected chi connectivity index (χ4v) is 1.73. The monoisotopic (exact) mass is 672 g/mol. The minimum absolute atomic E-state index is 0.0481. The topological polar surface area (TPSA) is 289 Å². The second kappa shape index (κ2) is 30.9. The van der Waals surface area contributed by atoms with Gasteiger partial charge in [-0.25, -0.2) is 25.2 Å². The third-order valence-corrected chi connectivity index (χ3v) is 4.01. The number of halogens is 3. The number of hydrazine groups is 1. The third-order valence-electron chi connectivity index (χ3n) is 4.01. The predicted molar refractivity (Wildman–Crippen MR) is 150 cm³/mol. The van der Waals surface area contributed by atoms with Crippen molar-refractivity contribution in [2.45, 2.75) is 30.6 Å². The van der Waals surface area contributed by atoms with E-state index in [1.54, 1.807) is 7.05 Å². The number of nitrogens with two attached hydrogens (primary N) is 1. The van der Waals surface area contributed by atoms with Crippen LogP contribution in [0.3, 0.4) is 0 Å². The van der Waals surface area contributed by atoms with Crippen LogP contribution in [0.2, 0.25) is 0 Å². The van der Waals surface area contributed by atoms with Gasteiger partial charge >= 0.3 is 24.3 Å². The number of carbonyl (C=O) groups is 3. The summed E-state index contributed by atoms with van der Waals surface area (Å²) in [5.74, 6) is 2.43. The molecule has 1 aliphatic rings. The molecule has 0 radical (unpaired) electrons. The number of epoxide rings is 1. The van der Waals surface area contributed by atoms with Crippen molar-refractivity contribution < 1.29 is 82.6 Å².